The maximum absolute atomic E-state index is 13.5. The maximum Gasteiger partial charge on any atom is 0.150 e. The molecule has 1 unspecified atom stereocenters. The highest BCUT2D eigenvalue weighted by Gasteiger charge is 2.13. The summed E-state index contributed by atoms with van der Waals surface area (Å²) in [5.41, 5.74) is 1.17. The van der Waals surface area contributed by atoms with Crippen LogP contribution in [0.25, 0.3) is 0 Å². The maximum atomic E-state index is 13.5. The molecule has 0 saturated carbocycles. The zero-order valence-electron chi connectivity index (χ0n) is 9.01. The van der Waals surface area contributed by atoms with Gasteiger partial charge in [-0.25, -0.2) is 8.78 Å². The van der Waals surface area contributed by atoms with Crippen molar-refractivity contribution in [2.24, 2.45) is 0 Å². The number of nitrogens with one attached hydrogen (secondary N) is 1. The van der Waals surface area contributed by atoms with E-state index in [4.69, 9.17) is 11.6 Å². The Kier molecular flexibility index (Phi) is 3.64. The van der Waals surface area contributed by atoms with E-state index in [0.29, 0.717) is 0 Å². The van der Waals surface area contributed by atoms with Crippen LogP contribution in [0.15, 0.2) is 29.0 Å². The molecule has 90 valence electrons. The Balaban J connectivity index is 2.25. The number of thiophene rings is 1. The average molecular weight is 274 g/mol. The topological polar surface area (TPSA) is 12.0 Å². The van der Waals surface area contributed by atoms with Crippen LogP contribution < -0.4 is 5.32 Å². The zero-order chi connectivity index (χ0) is 12.4. The molecule has 1 aromatic carbocycles. The molecule has 1 atom stereocenters. The van der Waals surface area contributed by atoms with Crippen molar-refractivity contribution in [3.05, 3.63) is 51.2 Å². The van der Waals surface area contributed by atoms with E-state index in [1.807, 2.05) is 23.8 Å². The third-order valence-electron chi connectivity index (χ3n) is 2.41. The zero-order valence-corrected chi connectivity index (χ0v) is 10.6. The minimum atomic E-state index is -0.683. The Morgan fingerprint density at radius 2 is 2.12 bits per heavy atom. The van der Waals surface area contributed by atoms with Crippen molar-refractivity contribution in [2.75, 3.05) is 5.32 Å². The molecule has 2 rings (SSSR count). The van der Waals surface area contributed by atoms with Crippen LogP contribution in [-0.2, 0) is 0 Å². The van der Waals surface area contributed by atoms with Crippen LogP contribution in [0.3, 0.4) is 0 Å². The normalized spacial score (nSPS) is 12.5. The standard InChI is InChI=1S/C12H10ClF2NS/c1-7(8-2-3-17-6-8)16-12-10(13)4-9(14)5-11(12)15/h2-7,16H,1H3. The molecule has 0 spiro atoms. The third kappa shape index (κ3) is 2.76. The highest BCUT2D eigenvalue weighted by molar-refractivity contribution is 7.07. The molecule has 0 fully saturated rings. The van der Waals surface area contributed by atoms with Crippen LogP contribution in [-0.4, -0.2) is 0 Å². The lowest BCUT2D eigenvalue weighted by Gasteiger charge is -2.16. The molecule has 2 aromatic rings. The van der Waals surface area contributed by atoms with Crippen molar-refractivity contribution >= 4 is 28.6 Å². The van der Waals surface area contributed by atoms with Gasteiger partial charge in [-0.05, 0) is 35.4 Å². The molecule has 5 heteroatoms. The van der Waals surface area contributed by atoms with Crippen molar-refractivity contribution < 1.29 is 8.78 Å². The van der Waals surface area contributed by atoms with Gasteiger partial charge in [0.15, 0.2) is 5.82 Å². The summed E-state index contributed by atoms with van der Waals surface area (Å²) in [6.07, 6.45) is 0. The van der Waals surface area contributed by atoms with Crippen LogP contribution in [0.5, 0.6) is 0 Å². The molecule has 17 heavy (non-hydrogen) atoms. The minimum Gasteiger partial charge on any atom is -0.375 e. The fraction of sp³-hybridized carbons (Fsp3) is 0.167. The van der Waals surface area contributed by atoms with Gasteiger partial charge in [0.2, 0.25) is 0 Å². The van der Waals surface area contributed by atoms with Crippen LogP contribution in [0.1, 0.15) is 18.5 Å². The second-order valence-electron chi connectivity index (χ2n) is 3.67. The quantitative estimate of drug-likeness (QED) is 0.843. The Morgan fingerprint density at radius 1 is 1.35 bits per heavy atom. The Morgan fingerprint density at radius 3 is 2.71 bits per heavy atom. The number of hydrogen-bond acceptors (Lipinski definition) is 2. The van der Waals surface area contributed by atoms with Gasteiger partial charge in [-0.15, -0.1) is 0 Å². The second kappa shape index (κ2) is 5.02. The predicted octanol–water partition coefficient (Wildman–Crippen LogP) is 4.85. The first-order valence-electron chi connectivity index (χ1n) is 5.01. The minimum absolute atomic E-state index is 0.0459. The largest absolute Gasteiger partial charge is 0.375 e. The van der Waals surface area contributed by atoms with Crippen molar-refractivity contribution in [3.8, 4) is 0 Å². The number of halogens is 3. The molecule has 0 radical (unpaired) electrons. The molecule has 1 nitrogen and oxygen atoms in total. The highest BCUT2D eigenvalue weighted by Crippen LogP contribution is 2.30. The highest BCUT2D eigenvalue weighted by atomic mass is 35.5. The first kappa shape index (κ1) is 12.3. The summed E-state index contributed by atoms with van der Waals surface area (Å²) in [5.74, 6) is -1.36. The molecule has 1 heterocycles. The molecule has 0 saturated heterocycles. The summed E-state index contributed by atoms with van der Waals surface area (Å²) < 4.78 is 26.4. The fourth-order valence-corrected chi connectivity index (χ4v) is 2.50. The Bertz CT molecular complexity index is 490. The van der Waals surface area contributed by atoms with Crippen molar-refractivity contribution in [3.63, 3.8) is 0 Å². The lowest BCUT2D eigenvalue weighted by molar-refractivity contribution is 0.584. The van der Waals surface area contributed by atoms with E-state index in [2.05, 4.69) is 5.32 Å². The molecular weight excluding hydrogens is 264 g/mol. The predicted molar refractivity (Wildman–Crippen MR) is 67.7 cm³/mol. The van der Waals surface area contributed by atoms with Crippen LogP contribution >= 0.6 is 22.9 Å². The van der Waals surface area contributed by atoms with Gasteiger partial charge in [0, 0.05) is 12.1 Å². The lowest BCUT2D eigenvalue weighted by Crippen LogP contribution is -2.07. The van der Waals surface area contributed by atoms with Gasteiger partial charge in [0.05, 0.1) is 10.7 Å². The summed E-state index contributed by atoms with van der Waals surface area (Å²) >= 11 is 7.36. The van der Waals surface area contributed by atoms with Crippen molar-refractivity contribution in [1.82, 2.24) is 0 Å². The monoisotopic (exact) mass is 273 g/mol. The first-order valence-corrected chi connectivity index (χ1v) is 6.33. The van der Waals surface area contributed by atoms with Gasteiger partial charge >= 0.3 is 0 Å². The van der Waals surface area contributed by atoms with E-state index < -0.39 is 11.6 Å². The summed E-state index contributed by atoms with van der Waals surface area (Å²) in [4.78, 5) is 0. The Hall–Kier alpha value is -1.13. The molecule has 0 amide bonds. The summed E-state index contributed by atoms with van der Waals surface area (Å²) in [6.45, 7) is 1.89. The van der Waals surface area contributed by atoms with E-state index in [1.54, 1.807) is 11.3 Å². The average Bonchev–Trinajstić information content (AvgIpc) is 2.76. The van der Waals surface area contributed by atoms with Gasteiger partial charge in [-0.1, -0.05) is 11.6 Å². The third-order valence-corrected chi connectivity index (χ3v) is 3.41. The van der Waals surface area contributed by atoms with E-state index in [1.165, 1.54) is 0 Å². The molecule has 1 aromatic heterocycles. The Labute approximate surface area is 107 Å². The smallest absolute Gasteiger partial charge is 0.150 e. The van der Waals surface area contributed by atoms with Crippen LogP contribution in [0, 0.1) is 11.6 Å². The lowest BCUT2D eigenvalue weighted by atomic mass is 10.1. The first-order chi connectivity index (χ1) is 8.08. The summed E-state index contributed by atoms with van der Waals surface area (Å²) in [5, 5.41) is 6.89. The molecule has 0 aliphatic heterocycles. The van der Waals surface area contributed by atoms with E-state index in [9.17, 15) is 8.78 Å². The molecule has 0 aliphatic rings. The van der Waals surface area contributed by atoms with Gasteiger partial charge in [0.25, 0.3) is 0 Å². The van der Waals surface area contributed by atoms with E-state index in [0.717, 1.165) is 17.7 Å². The number of rotatable bonds is 3. The van der Waals surface area contributed by atoms with Gasteiger partial charge in [-0.3, -0.25) is 0 Å². The van der Waals surface area contributed by atoms with Crippen LogP contribution in [0.4, 0.5) is 14.5 Å². The van der Waals surface area contributed by atoms with Gasteiger partial charge in [-0.2, -0.15) is 11.3 Å². The summed E-state index contributed by atoms with van der Waals surface area (Å²) in [6, 6.07) is 3.76. The van der Waals surface area contributed by atoms with Gasteiger partial charge < -0.3 is 5.32 Å². The van der Waals surface area contributed by atoms with Gasteiger partial charge in [0.1, 0.15) is 5.82 Å². The van der Waals surface area contributed by atoms with E-state index >= 15 is 0 Å². The van der Waals surface area contributed by atoms with Crippen LogP contribution in [0.2, 0.25) is 5.02 Å². The number of hydrogen-bond donors (Lipinski definition) is 1. The summed E-state index contributed by atoms with van der Waals surface area (Å²) in [7, 11) is 0. The van der Waals surface area contributed by atoms with Crippen molar-refractivity contribution in [1.29, 1.82) is 0 Å². The van der Waals surface area contributed by atoms with E-state index in [-0.39, 0.29) is 16.8 Å². The molecule has 0 aliphatic carbocycles. The molecular formula is C12H10ClF2NS. The molecule has 0 bridgehead atoms. The SMILES string of the molecule is CC(Nc1c(F)cc(F)cc1Cl)c1ccsc1. The number of benzene rings is 1. The molecule has 1 N–H and O–H groups in total. The van der Waals surface area contributed by atoms with Crippen molar-refractivity contribution in [2.45, 2.75) is 13.0 Å². The fourth-order valence-electron chi connectivity index (χ4n) is 1.50. The number of anilines is 1. The second-order valence-corrected chi connectivity index (χ2v) is 4.85.